The lowest BCUT2D eigenvalue weighted by molar-refractivity contribution is 0.257. The normalized spacial score (nSPS) is 15.0. The van der Waals surface area contributed by atoms with Crippen molar-refractivity contribution < 1.29 is 24.1 Å². The molecule has 0 saturated heterocycles. The second kappa shape index (κ2) is 10.6. The topological polar surface area (TPSA) is 69.2 Å². The fraction of sp³-hybridized carbons (Fsp3) is 0.333. The van der Waals surface area contributed by atoms with Crippen LogP contribution in [0.5, 0.6) is 23.0 Å². The number of aliphatic hydroxyl groups is 1. The molecule has 174 valence electrons. The predicted octanol–water partition coefficient (Wildman–Crippen LogP) is 4.21. The van der Waals surface area contributed by atoms with Crippen LogP contribution in [0.2, 0.25) is 0 Å². The second-order valence-corrected chi connectivity index (χ2v) is 8.03. The summed E-state index contributed by atoms with van der Waals surface area (Å²) >= 11 is 0. The van der Waals surface area contributed by atoms with E-state index in [-0.39, 0.29) is 12.6 Å². The molecule has 0 spiro atoms. The third-order valence-corrected chi connectivity index (χ3v) is 6.15. The van der Waals surface area contributed by atoms with Gasteiger partial charge in [0, 0.05) is 11.6 Å². The predicted molar refractivity (Wildman–Crippen MR) is 127 cm³/mol. The van der Waals surface area contributed by atoms with Gasteiger partial charge in [0.25, 0.3) is 0 Å². The molecule has 1 atom stereocenters. The highest BCUT2D eigenvalue weighted by atomic mass is 16.5. The van der Waals surface area contributed by atoms with Crippen molar-refractivity contribution in [3.63, 3.8) is 0 Å². The second-order valence-electron chi connectivity index (χ2n) is 8.03. The maximum Gasteiger partial charge on any atom is 0.166 e. The summed E-state index contributed by atoms with van der Waals surface area (Å²) in [6.07, 6.45) is 1.63. The number of fused-ring (bicyclic) bond motifs is 1. The van der Waals surface area contributed by atoms with Crippen molar-refractivity contribution in [1.82, 2.24) is 5.32 Å². The molecule has 0 radical (unpaired) electrons. The minimum absolute atomic E-state index is 0.0830. The van der Waals surface area contributed by atoms with Gasteiger partial charge < -0.3 is 29.4 Å². The van der Waals surface area contributed by atoms with Gasteiger partial charge in [-0.25, -0.2) is 0 Å². The van der Waals surface area contributed by atoms with Gasteiger partial charge in [-0.15, -0.1) is 0 Å². The third-order valence-electron chi connectivity index (χ3n) is 6.15. The molecule has 0 bridgehead atoms. The van der Waals surface area contributed by atoms with E-state index in [9.17, 15) is 5.11 Å². The van der Waals surface area contributed by atoms with Crippen molar-refractivity contribution in [1.29, 1.82) is 0 Å². The molecule has 1 aliphatic rings. The maximum atomic E-state index is 10.2. The van der Waals surface area contributed by atoms with Crippen LogP contribution in [-0.2, 0) is 26.1 Å². The lowest BCUT2D eigenvalue weighted by atomic mass is 9.88. The van der Waals surface area contributed by atoms with E-state index < -0.39 is 0 Å². The lowest BCUT2D eigenvalue weighted by Gasteiger charge is -2.29. The zero-order chi connectivity index (χ0) is 23.2. The number of methoxy groups -OCH3 is 3. The van der Waals surface area contributed by atoms with Crippen LogP contribution < -0.4 is 24.3 Å². The Labute approximate surface area is 195 Å². The summed E-state index contributed by atoms with van der Waals surface area (Å²) in [5.41, 5.74) is 5.27. The van der Waals surface area contributed by atoms with Gasteiger partial charge in [0.15, 0.2) is 23.0 Å². The minimum Gasteiger partial charge on any atom is -0.493 e. The molecule has 0 fully saturated rings. The summed E-state index contributed by atoms with van der Waals surface area (Å²) in [6.45, 7) is 1.17. The Morgan fingerprint density at radius 3 is 2.36 bits per heavy atom. The highest BCUT2D eigenvalue weighted by molar-refractivity contribution is 5.53. The number of ether oxygens (including phenoxy) is 4. The van der Waals surface area contributed by atoms with Crippen LogP contribution in [0.25, 0.3) is 0 Å². The summed E-state index contributed by atoms with van der Waals surface area (Å²) in [4.78, 5) is 0. The van der Waals surface area contributed by atoms with Gasteiger partial charge in [-0.05, 0) is 59.8 Å². The van der Waals surface area contributed by atoms with Crippen LogP contribution >= 0.6 is 0 Å². The minimum atomic E-state index is -0.132. The molecule has 3 aromatic rings. The van der Waals surface area contributed by atoms with Crippen molar-refractivity contribution in [2.24, 2.45) is 0 Å². The van der Waals surface area contributed by atoms with Crippen molar-refractivity contribution in [2.75, 3.05) is 27.9 Å². The zero-order valence-electron chi connectivity index (χ0n) is 19.4. The molecular weight excluding hydrogens is 418 g/mol. The van der Waals surface area contributed by atoms with E-state index in [1.54, 1.807) is 21.3 Å². The summed E-state index contributed by atoms with van der Waals surface area (Å²) in [6, 6.07) is 18.1. The van der Waals surface area contributed by atoms with Crippen LogP contribution in [-0.4, -0.2) is 33.0 Å². The zero-order valence-corrected chi connectivity index (χ0v) is 19.4. The average molecular weight is 450 g/mol. The Balaban J connectivity index is 1.61. The van der Waals surface area contributed by atoms with E-state index in [1.165, 1.54) is 11.1 Å². The van der Waals surface area contributed by atoms with Crippen molar-refractivity contribution in [3.05, 3.63) is 82.4 Å². The van der Waals surface area contributed by atoms with Crippen LogP contribution in [0, 0.1) is 0 Å². The Kier molecular flexibility index (Phi) is 7.37. The number of nitrogens with one attached hydrogen (secondary N) is 1. The SMILES string of the molecule is COc1cc2c(cc1OC)[C@H](Cc1ccc(OCc3ccccc3)c(OC)c1CO)NCC2. The first kappa shape index (κ1) is 23.0. The Morgan fingerprint density at radius 1 is 0.909 bits per heavy atom. The number of benzene rings is 3. The van der Waals surface area contributed by atoms with Gasteiger partial charge >= 0.3 is 0 Å². The molecule has 0 aromatic heterocycles. The highest BCUT2D eigenvalue weighted by Gasteiger charge is 2.25. The van der Waals surface area contributed by atoms with Gasteiger partial charge in [0.2, 0.25) is 0 Å². The van der Waals surface area contributed by atoms with Gasteiger partial charge in [-0.3, -0.25) is 0 Å². The first-order chi connectivity index (χ1) is 16.2. The fourth-order valence-corrected chi connectivity index (χ4v) is 4.46. The van der Waals surface area contributed by atoms with Gasteiger partial charge in [0.05, 0.1) is 27.9 Å². The fourth-order valence-electron chi connectivity index (χ4n) is 4.46. The first-order valence-corrected chi connectivity index (χ1v) is 11.1. The molecule has 0 amide bonds. The van der Waals surface area contributed by atoms with Crippen LogP contribution in [0.3, 0.4) is 0 Å². The van der Waals surface area contributed by atoms with E-state index in [1.807, 2.05) is 42.5 Å². The summed E-state index contributed by atoms with van der Waals surface area (Å²) < 4.78 is 22.7. The van der Waals surface area contributed by atoms with Crippen molar-refractivity contribution in [3.8, 4) is 23.0 Å². The summed E-state index contributed by atoms with van der Waals surface area (Å²) in [5.74, 6) is 2.66. The smallest absolute Gasteiger partial charge is 0.166 e. The maximum absolute atomic E-state index is 10.2. The van der Waals surface area contributed by atoms with E-state index in [2.05, 4.69) is 17.4 Å². The molecule has 3 aromatic carbocycles. The van der Waals surface area contributed by atoms with Crippen LogP contribution in [0.1, 0.15) is 33.9 Å². The molecule has 6 heteroatoms. The van der Waals surface area contributed by atoms with Gasteiger partial charge in [-0.1, -0.05) is 36.4 Å². The molecule has 6 nitrogen and oxygen atoms in total. The summed E-state index contributed by atoms with van der Waals surface area (Å²) in [5, 5.41) is 13.8. The van der Waals surface area contributed by atoms with Crippen molar-refractivity contribution in [2.45, 2.75) is 32.1 Å². The first-order valence-electron chi connectivity index (χ1n) is 11.1. The van der Waals surface area contributed by atoms with E-state index in [0.29, 0.717) is 24.5 Å². The molecular formula is C27H31NO5. The molecule has 0 unspecified atom stereocenters. The van der Waals surface area contributed by atoms with Gasteiger partial charge in [-0.2, -0.15) is 0 Å². The molecule has 0 saturated carbocycles. The van der Waals surface area contributed by atoms with E-state index in [0.717, 1.165) is 41.2 Å². The van der Waals surface area contributed by atoms with Gasteiger partial charge in [0.1, 0.15) is 6.61 Å². The molecule has 1 heterocycles. The largest absolute Gasteiger partial charge is 0.493 e. The molecule has 2 N–H and O–H groups in total. The summed E-state index contributed by atoms with van der Waals surface area (Å²) in [7, 11) is 4.92. The Morgan fingerprint density at radius 2 is 1.67 bits per heavy atom. The van der Waals surface area contributed by atoms with Crippen LogP contribution in [0.4, 0.5) is 0 Å². The molecule has 0 aliphatic carbocycles. The van der Waals surface area contributed by atoms with Crippen LogP contribution in [0.15, 0.2) is 54.6 Å². The third kappa shape index (κ3) is 4.92. The number of rotatable bonds is 9. The van der Waals surface area contributed by atoms with Crippen molar-refractivity contribution >= 4 is 0 Å². The molecule has 1 aliphatic heterocycles. The number of hydrogen-bond donors (Lipinski definition) is 2. The monoisotopic (exact) mass is 449 g/mol. The number of aliphatic hydroxyl groups excluding tert-OH is 1. The van der Waals surface area contributed by atoms with E-state index >= 15 is 0 Å². The number of hydrogen-bond acceptors (Lipinski definition) is 6. The quantitative estimate of drug-likeness (QED) is 0.510. The molecule has 4 rings (SSSR count). The average Bonchev–Trinajstić information content (AvgIpc) is 2.87. The Hall–Kier alpha value is -3.22. The standard InChI is InChI=1S/C27H31NO5/c1-30-25-14-20-11-12-28-23(21(20)15-26(25)31-2)13-19-9-10-24(27(32-3)22(19)16-29)33-17-18-7-5-4-6-8-18/h4-10,14-15,23,28-29H,11-13,16-17H2,1-3H3/t23-/m0/s1. The molecule has 33 heavy (non-hydrogen) atoms. The van der Waals surface area contributed by atoms with E-state index in [4.69, 9.17) is 18.9 Å². The highest BCUT2D eigenvalue weighted by Crippen LogP contribution is 2.39. The lowest BCUT2D eigenvalue weighted by Crippen LogP contribution is -2.31. The Bertz CT molecular complexity index is 1080.